The molecule has 6 nitrogen and oxygen atoms in total. The molecule has 1 aliphatic rings. The summed E-state index contributed by atoms with van der Waals surface area (Å²) in [6, 6.07) is 7.31. The largest absolute Gasteiger partial charge is 0.383 e. The summed E-state index contributed by atoms with van der Waals surface area (Å²) in [6.07, 6.45) is 5.20. The molecule has 0 spiro atoms. The molecule has 1 aliphatic carbocycles. The van der Waals surface area contributed by atoms with E-state index in [4.69, 9.17) is 22.3 Å². The molecule has 2 heterocycles. The zero-order valence-electron chi connectivity index (χ0n) is 15.5. The van der Waals surface area contributed by atoms with Crippen molar-refractivity contribution in [2.75, 3.05) is 26.2 Å². The third kappa shape index (κ3) is 3.58. The van der Waals surface area contributed by atoms with Crippen LogP contribution in [0.1, 0.15) is 28.9 Å². The van der Waals surface area contributed by atoms with Crippen molar-refractivity contribution in [3.63, 3.8) is 0 Å². The van der Waals surface area contributed by atoms with Crippen LogP contribution < -0.4 is 16.4 Å². The summed E-state index contributed by atoms with van der Waals surface area (Å²) in [6.45, 7) is 3.25. The van der Waals surface area contributed by atoms with E-state index in [1.807, 2.05) is 18.2 Å². The molecular weight excluding hydrogens is 374 g/mol. The van der Waals surface area contributed by atoms with E-state index in [1.54, 1.807) is 18.3 Å². The number of hydrogen-bond donors (Lipinski definition) is 3. The molecule has 0 atom stereocenters. The quantitative estimate of drug-likeness (QED) is 0.401. The maximum atomic E-state index is 12.7. The zero-order valence-corrected chi connectivity index (χ0v) is 16.2. The number of aromatic nitrogens is 2. The molecule has 0 saturated carbocycles. The third-order valence-corrected chi connectivity index (χ3v) is 5.07. The highest BCUT2D eigenvalue weighted by molar-refractivity contribution is 6.31. The van der Waals surface area contributed by atoms with Gasteiger partial charge in [0.15, 0.2) is 5.78 Å². The molecular formula is C21H22ClN5O. The number of fused-ring (bicyclic) bond motifs is 2. The minimum atomic E-state index is -0.0291. The monoisotopic (exact) mass is 395 g/mol. The number of rotatable bonds is 8. The number of nitrogens with one attached hydrogen (secondary N) is 2. The van der Waals surface area contributed by atoms with Crippen LogP contribution in [0, 0.1) is 0 Å². The highest BCUT2D eigenvalue weighted by atomic mass is 35.5. The Kier molecular flexibility index (Phi) is 5.52. The van der Waals surface area contributed by atoms with Crippen LogP contribution in [-0.2, 0) is 0 Å². The van der Waals surface area contributed by atoms with E-state index in [-0.39, 0.29) is 5.78 Å². The molecule has 4 N–H and O–H groups in total. The number of hydrogen-bond acceptors (Lipinski definition) is 6. The zero-order chi connectivity index (χ0) is 19.5. The van der Waals surface area contributed by atoms with Gasteiger partial charge in [0.2, 0.25) is 0 Å². The Morgan fingerprint density at radius 1 is 1.11 bits per heavy atom. The second-order valence-corrected chi connectivity index (χ2v) is 7.24. The summed E-state index contributed by atoms with van der Waals surface area (Å²) in [4.78, 5) is 22.0. The Balaban J connectivity index is 1.64. The third-order valence-electron chi connectivity index (χ3n) is 4.83. The van der Waals surface area contributed by atoms with Gasteiger partial charge in [0, 0.05) is 40.2 Å². The molecule has 3 aromatic rings. The summed E-state index contributed by atoms with van der Waals surface area (Å²) in [5.41, 5.74) is 9.16. The van der Waals surface area contributed by atoms with Crippen molar-refractivity contribution in [3.05, 3.63) is 52.8 Å². The Labute approximate surface area is 168 Å². The lowest BCUT2D eigenvalue weighted by Crippen LogP contribution is -2.24. The number of allylic oxidation sites excluding steroid dienone is 1. The van der Waals surface area contributed by atoms with Gasteiger partial charge in [-0.15, -0.1) is 0 Å². The van der Waals surface area contributed by atoms with Crippen molar-refractivity contribution < 1.29 is 4.79 Å². The van der Waals surface area contributed by atoms with Gasteiger partial charge in [0.05, 0.1) is 22.4 Å². The molecule has 0 radical (unpaired) electrons. The SMILES string of the molecule is NCCCNCCCNC1=CC(=O)c2ccnc3c2c1nc1cc(Cl)ccc13. The van der Waals surface area contributed by atoms with Gasteiger partial charge in [-0.2, -0.15) is 0 Å². The Morgan fingerprint density at radius 3 is 2.82 bits per heavy atom. The maximum absolute atomic E-state index is 12.7. The summed E-state index contributed by atoms with van der Waals surface area (Å²) < 4.78 is 0. The van der Waals surface area contributed by atoms with Crippen LogP contribution in [0.2, 0.25) is 5.02 Å². The van der Waals surface area contributed by atoms with Crippen LogP contribution in [0.3, 0.4) is 0 Å². The van der Waals surface area contributed by atoms with Crippen LogP contribution >= 0.6 is 11.6 Å². The summed E-state index contributed by atoms with van der Waals surface area (Å²) in [5.74, 6) is -0.0291. The number of pyridine rings is 2. The van der Waals surface area contributed by atoms with Crippen LogP contribution in [0.4, 0.5) is 0 Å². The fourth-order valence-electron chi connectivity index (χ4n) is 3.48. The summed E-state index contributed by atoms with van der Waals surface area (Å²) >= 11 is 6.17. The van der Waals surface area contributed by atoms with E-state index in [9.17, 15) is 4.79 Å². The minimum Gasteiger partial charge on any atom is -0.383 e. The van der Waals surface area contributed by atoms with Crippen LogP contribution in [0.25, 0.3) is 27.5 Å². The second kappa shape index (κ2) is 8.22. The molecule has 144 valence electrons. The number of benzene rings is 1. The van der Waals surface area contributed by atoms with Crippen LogP contribution in [0.15, 0.2) is 36.5 Å². The van der Waals surface area contributed by atoms with Gasteiger partial charge >= 0.3 is 0 Å². The summed E-state index contributed by atoms with van der Waals surface area (Å²) in [7, 11) is 0. The van der Waals surface area contributed by atoms with E-state index < -0.39 is 0 Å². The smallest absolute Gasteiger partial charge is 0.188 e. The highest BCUT2D eigenvalue weighted by Gasteiger charge is 2.23. The Bertz CT molecular complexity index is 1080. The van der Waals surface area contributed by atoms with Gasteiger partial charge in [-0.05, 0) is 56.7 Å². The number of carbonyl (C=O) groups is 1. The first-order chi connectivity index (χ1) is 13.7. The molecule has 0 fully saturated rings. The van der Waals surface area contributed by atoms with Gasteiger partial charge in [-0.25, -0.2) is 4.98 Å². The van der Waals surface area contributed by atoms with Gasteiger partial charge in [0.1, 0.15) is 0 Å². The van der Waals surface area contributed by atoms with Crippen molar-refractivity contribution >= 4 is 44.9 Å². The Morgan fingerprint density at radius 2 is 1.96 bits per heavy atom. The average molecular weight is 396 g/mol. The normalized spacial score (nSPS) is 13.2. The topological polar surface area (TPSA) is 92.9 Å². The lowest BCUT2D eigenvalue weighted by Gasteiger charge is -2.19. The van der Waals surface area contributed by atoms with Crippen molar-refractivity contribution in [2.45, 2.75) is 12.8 Å². The van der Waals surface area contributed by atoms with Gasteiger partial charge in [-0.3, -0.25) is 9.78 Å². The molecule has 0 bridgehead atoms. The van der Waals surface area contributed by atoms with Crippen molar-refractivity contribution in [3.8, 4) is 0 Å². The summed E-state index contributed by atoms with van der Waals surface area (Å²) in [5, 5.41) is 9.04. The van der Waals surface area contributed by atoms with Crippen molar-refractivity contribution in [2.24, 2.45) is 5.73 Å². The average Bonchev–Trinajstić information content (AvgIpc) is 2.70. The predicted molar refractivity (Wildman–Crippen MR) is 114 cm³/mol. The first kappa shape index (κ1) is 18.8. The first-order valence-electron chi connectivity index (χ1n) is 9.48. The lowest BCUT2D eigenvalue weighted by atomic mass is 9.94. The minimum absolute atomic E-state index is 0.0291. The maximum Gasteiger partial charge on any atom is 0.188 e. The van der Waals surface area contributed by atoms with Crippen molar-refractivity contribution in [1.82, 2.24) is 20.6 Å². The standard InChI is InChI=1S/C21H22ClN5O/c22-13-3-4-14-16(11-13)27-21-17(25-9-2-8-24-7-1-6-23)12-18(28)15-5-10-26-20(14)19(15)21/h3-5,10-12,24-25H,1-2,6-9,23H2. The molecule has 0 unspecified atom stereocenters. The van der Waals surface area contributed by atoms with Crippen LogP contribution in [0.5, 0.6) is 0 Å². The van der Waals surface area contributed by atoms with Crippen LogP contribution in [-0.4, -0.2) is 41.9 Å². The number of halogens is 1. The van der Waals surface area contributed by atoms with E-state index in [1.165, 1.54) is 0 Å². The molecule has 0 aliphatic heterocycles. The second-order valence-electron chi connectivity index (χ2n) is 6.80. The lowest BCUT2D eigenvalue weighted by molar-refractivity contribution is 0.104. The fourth-order valence-corrected chi connectivity index (χ4v) is 3.65. The molecule has 28 heavy (non-hydrogen) atoms. The van der Waals surface area contributed by atoms with E-state index in [2.05, 4.69) is 15.6 Å². The molecule has 1 aromatic carbocycles. The molecule has 0 saturated heterocycles. The van der Waals surface area contributed by atoms with Gasteiger partial charge in [0.25, 0.3) is 0 Å². The molecule has 7 heteroatoms. The number of ketones is 1. The Hall–Kier alpha value is -2.54. The number of carbonyl (C=O) groups excluding carboxylic acids is 1. The predicted octanol–water partition coefficient (Wildman–Crippen LogP) is 2.89. The van der Waals surface area contributed by atoms with Gasteiger partial charge in [-0.1, -0.05) is 11.6 Å². The van der Waals surface area contributed by atoms with E-state index >= 15 is 0 Å². The molecule has 0 amide bonds. The van der Waals surface area contributed by atoms with E-state index in [0.717, 1.165) is 65.7 Å². The molecule has 2 aromatic heterocycles. The van der Waals surface area contributed by atoms with E-state index in [0.29, 0.717) is 17.1 Å². The number of nitrogens with two attached hydrogens (primary N) is 1. The molecule has 4 rings (SSSR count). The van der Waals surface area contributed by atoms with Crippen molar-refractivity contribution in [1.29, 1.82) is 0 Å². The van der Waals surface area contributed by atoms with Gasteiger partial charge < -0.3 is 16.4 Å². The first-order valence-corrected chi connectivity index (χ1v) is 9.86. The highest BCUT2D eigenvalue weighted by Crippen LogP contribution is 2.34. The fraction of sp³-hybridized carbons (Fsp3) is 0.286. The number of nitrogens with zero attached hydrogens (tertiary/aromatic N) is 2.